The molecule has 6 nitrogen and oxygen atoms in total. The number of carbonyl (C=O) groups is 1. The van der Waals surface area contributed by atoms with Crippen molar-refractivity contribution in [2.75, 3.05) is 6.61 Å². The molecule has 0 saturated heterocycles. The summed E-state index contributed by atoms with van der Waals surface area (Å²) in [5.41, 5.74) is 5.50. The van der Waals surface area contributed by atoms with Gasteiger partial charge < -0.3 is 14.4 Å². The van der Waals surface area contributed by atoms with Crippen molar-refractivity contribution < 1.29 is 23.6 Å². The predicted molar refractivity (Wildman–Crippen MR) is 156 cm³/mol. The van der Waals surface area contributed by atoms with Crippen LogP contribution in [0.1, 0.15) is 32.7 Å². The Morgan fingerprint density at radius 2 is 1.75 bits per heavy atom. The highest BCUT2D eigenvalue weighted by Gasteiger charge is 2.24. The highest BCUT2D eigenvalue weighted by atomic mass is 32.2. The van der Waals surface area contributed by atoms with Crippen molar-refractivity contribution in [2.24, 2.45) is 0 Å². The van der Waals surface area contributed by atoms with E-state index < -0.39 is 5.97 Å². The Kier molecular flexibility index (Phi) is 8.32. The van der Waals surface area contributed by atoms with Gasteiger partial charge in [-0.2, -0.15) is 0 Å². The fraction of sp³-hybridized carbons (Fsp3) is 0.194. The first-order chi connectivity index (χ1) is 19.2. The minimum absolute atomic E-state index is 0.0316. The summed E-state index contributed by atoms with van der Waals surface area (Å²) in [5.74, 6) is -0.0727. The van der Waals surface area contributed by atoms with E-state index in [1.165, 1.54) is 17.7 Å². The van der Waals surface area contributed by atoms with Gasteiger partial charge in [-0.1, -0.05) is 35.0 Å². The molecule has 0 radical (unpaired) electrons. The highest BCUT2D eigenvalue weighted by Crippen LogP contribution is 2.44. The van der Waals surface area contributed by atoms with Gasteiger partial charge in [-0.25, -0.2) is 14.2 Å². The third-order valence-electron chi connectivity index (χ3n) is 6.28. The first kappa shape index (κ1) is 27.6. The lowest BCUT2D eigenvalue weighted by molar-refractivity contribution is -0.139. The number of nitrogens with zero attached hydrogens (tertiary/aromatic N) is 2. The van der Waals surface area contributed by atoms with Crippen molar-refractivity contribution in [3.05, 3.63) is 106 Å². The number of aryl methyl sites for hydroxylation is 3. The number of rotatable bonds is 10. The van der Waals surface area contributed by atoms with E-state index in [2.05, 4.69) is 36.3 Å². The molecule has 3 aromatic carbocycles. The van der Waals surface area contributed by atoms with Gasteiger partial charge in [0.1, 0.15) is 28.0 Å². The molecule has 2 heterocycles. The van der Waals surface area contributed by atoms with Crippen LogP contribution in [0.4, 0.5) is 4.39 Å². The normalized spacial score (nSPS) is 11.9. The molecule has 0 fully saturated rings. The molecule has 1 atom stereocenters. The summed E-state index contributed by atoms with van der Waals surface area (Å²) in [6, 6.07) is 22.1. The second-order valence-electron chi connectivity index (χ2n) is 9.44. The Morgan fingerprint density at radius 1 is 1.02 bits per heavy atom. The van der Waals surface area contributed by atoms with Gasteiger partial charge in [-0.3, -0.25) is 0 Å². The minimum Gasteiger partial charge on any atom is -0.482 e. The van der Waals surface area contributed by atoms with Gasteiger partial charge in [0.2, 0.25) is 0 Å². The predicted octanol–water partition coefficient (Wildman–Crippen LogP) is 8.07. The van der Waals surface area contributed by atoms with E-state index in [-0.39, 0.29) is 17.7 Å². The quantitative estimate of drug-likeness (QED) is 0.169. The van der Waals surface area contributed by atoms with Crippen molar-refractivity contribution >= 4 is 29.1 Å². The Balaban J connectivity index is 1.45. The molecule has 2 aromatic heterocycles. The molecule has 5 rings (SSSR count). The van der Waals surface area contributed by atoms with Crippen LogP contribution in [0, 0.1) is 26.6 Å². The van der Waals surface area contributed by atoms with E-state index in [4.69, 9.17) is 19.4 Å². The second kappa shape index (κ2) is 12.1. The molecule has 0 aliphatic carbocycles. The summed E-state index contributed by atoms with van der Waals surface area (Å²) in [5, 5.41) is 14.1. The molecule has 0 bridgehead atoms. The molecular formula is C31H27FN2O4S2. The maximum absolute atomic E-state index is 13.4. The zero-order chi connectivity index (χ0) is 28.2. The highest BCUT2D eigenvalue weighted by molar-refractivity contribution is 7.99. The lowest BCUT2D eigenvalue weighted by atomic mass is 10.1. The zero-order valence-electron chi connectivity index (χ0n) is 22.2. The smallest absolute Gasteiger partial charge is 0.341 e. The summed E-state index contributed by atoms with van der Waals surface area (Å²) in [6.45, 7) is 5.59. The van der Waals surface area contributed by atoms with Crippen LogP contribution in [0.3, 0.4) is 0 Å². The van der Waals surface area contributed by atoms with Crippen LogP contribution in [0.5, 0.6) is 5.75 Å². The fourth-order valence-electron chi connectivity index (χ4n) is 4.22. The van der Waals surface area contributed by atoms with Crippen molar-refractivity contribution in [3.63, 3.8) is 0 Å². The SMILES string of the molecule is Cc1ccc(-c2nc(C)c(C(Cc3cc(-c4ccc(F)cc4)no3)Sc3ccc(OCC(=O)O)c(C)c3)s2)cc1. The van der Waals surface area contributed by atoms with E-state index in [1.54, 1.807) is 41.3 Å². The number of carboxylic acid groups (broad SMARTS) is 1. The second-order valence-corrected chi connectivity index (χ2v) is 11.7. The molecule has 5 aromatic rings. The maximum Gasteiger partial charge on any atom is 0.341 e. The van der Waals surface area contributed by atoms with Gasteiger partial charge >= 0.3 is 5.97 Å². The Hall–Kier alpha value is -3.95. The van der Waals surface area contributed by atoms with Crippen molar-refractivity contribution in [3.8, 4) is 27.6 Å². The molecular weight excluding hydrogens is 547 g/mol. The van der Waals surface area contributed by atoms with Crippen LogP contribution < -0.4 is 4.74 Å². The minimum atomic E-state index is -1.02. The van der Waals surface area contributed by atoms with Gasteiger partial charge in [0, 0.05) is 33.4 Å². The number of carboxylic acids is 1. The fourth-order valence-corrected chi connectivity index (χ4v) is 6.81. The zero-order valence-corrected chi connectivity index (χ0v) is 23.8. The van der Waals surface area contributed by atoms with Gasteiger partial charge in [-0.15, -0.1) is 23.1 Å². The van der Waals surface area contributed by atoms with Crippen molar-refractivity contribution in [1.29, 1.82) is 0 Å². The number of thioether (sulfide) groups is 1. The summed E-state index contributed by atoms with van der Waals surface area (Å²) < 4.78 is 24.5. The number of ether oxygens (including phenoxy) is 1. The summed E-state index contributed by atoms with van der Waals surface area (Å²) in [4.78, 5) is 18.0. The number of halogens is 1. The van der Waals surface area contributed by atoms with Crippen molar-refractivity contribution in [2.45, 2.75) is 37.3 Å². The average molecular weight is 575 g/mol. The molecule has 9 heteroatoms. The van der Waals surface area contributed by atoms with E-state index in [1.807, 2.05) is 32.0 Å². The lowest BCUT2D eigenvalue weighted by Gasteiger charge is -2.16. The summed E-state index contributed by atoms with van der Waals surface area (Å²) >= 11 is 3.34. The van der Waals surface area contributed by atoms with E-state index in [0.29, 0.717) is 23.6 Å². The Bertz CT molecular complexity index is 1630. The number of aromatic nitrogens is 2. The third kappa shape index (κ3) is 6.60. The standard InChI is InChI=1S/C31H27FN2O4S2/c1-18-4-6-22(7-5-18)31-33-20(3)30(40-31)28(39-25-12-13-27(19(2)14-25)37-17-29(35)36)16-24-15-26(34-38-24)21-8-10-23(32)11-9-21/h4-15,28H,16-17H2,1-3H3,(H,35,36). The molecule has 1 N–H and O–H groups in total. The average Bonchev–Trinajstić information content (AvgIpc) is 3.55. The number of thiazole rings is 1. The van der Waals surface area contributed by atoms with Gasteiger partial charge in [0.15, 0.2) is 6.61 Å². The molecule has 40 heavy (non-hydrogen) atoms. The topological polar surface area (TPSA) is 85.5 Å². The maximum atomic E-state index is 13.4. The largest absolute Gasteiger partial charge is 0.482 e. The molecule has 0 aliphatic rings. The monoisotopic (exact) mass is 574 g/mol. The molecule has 0 spiro atoms. The number of aliphatic carboxylic acids is 1. The molecule has 1 unspecified atom stereocenters. The van der Waals surface area contributed by atoms with E-state index in [0.717, 1.165) is 37.2 Å². The van der Waals surface area contributed by atoms with E-state index >= 15 is 0 Å². The van der Waals surface area contributed by atoms with Crippen LogP contribution in [-0.2, 0) is 11.2 Å². The van der Waals surface area contributed by atoms with Gasteiger partial charge in [0.05, 0.1) is 10.9 Å². The van der Waals surface area contributed by atoms with Crippen LogP contribution >= 0.6 is 23.1 Å². The molecule has 0 amide bonds. The van der Waals surface area contributed by atoms with Crippen LogP contribution in [0.25, 0.3) is 21.8 Å². The first-order valence-corrected chi connectivity index (χ1v) is 14.3. The summed E-state index contributed by atoms with van der Waals surface area (Å²) in [6.07, 6.45) is 0.561. The number of hydrogen-bond donors (Lipinski definition) is 1. The number of benzene rings is 3. The third-order valence-corrected chi connectivity index (χ3v) is 8.97. The lowest BCUT2D eigenvalue weighted by Crippen LogP contribution is -2.10. The Labute approximate surface area is 239 Å². The van der Waals surface area contributed by atoms with Gasteiger partial charge in [-0.05, 0) is 68.8 Å². The van der Waals surface area contributed by atoms with Crippen LogP contribution in [-0.4, -0.2) is 27.8 Å². The van der Waals surface area contributed by atoms with E-state index in [9.17, 15) is 9.18 Å². The summed E-state index contributed by atoms with van der Waals surface area (Å²) in [7, 11) is 0. The molecule has 0 aliphatic heterocycles. The van der Waals surface area contributed by atoms with Gasteiger partial charge in [0.25, 0.3) is 0 Å². The van der Waals surface area contributed by atoms with Crippen LogP contribution in [0.15, 0.2) is 82.2 Å². The van der Waals surface area contributed by atoms with Crippen LogP contribution in [0.2, 0.25) is 0 Å². The first-order valence-electron chi connectivity index (χ1n) is 12.6. The van der Waals surface area contributed by atoms with Crippen molar-refractivity contribution in [1.82, 2.24) is 10.1 Å². The number of hydrogen-bond acceptors (Lipinski definition) is 7. The Morgan fingerprint density at radius 3 is 2.45 bits per heavy atom. The molecule has 204 valence electrons. The molecule has 0 saturated carbocycles.